The van der Waals surface area contributed by atoms with Gasteiger partial charge in [0, 0.05) is 0 Å². The number of hydrogen-bond acceptors (Lipinski definition) is 1. The van der Waals surface area contributed by atoms with E-state index in [-0.39, 0.29) is 0 Å². The van der Waals surface area contributed by atoms with Gasteiger partial charge in [0.2, 0.25) is 0 Å². The molecule has 1 saturated heterocycles. The fraction of sp³-hybridized carbons (Fsp3) is 0.125. The molecule has 0 saturated carbocycles. The molecule has 2 atom stereocenters. The van der Waals surface area contributed by atoms with Crippen molar-refractivity contribution in [3.63, 3.8) is 0 Å². The summed E-state index contributed by atoms with van der Waals surface area (Å²) >= 11 is 0. The van der Waals surface area contributed by atoms with Crippen LogP contribution in [0.25, 0.3) is 27.6 Å². The van der Waals surface area contributed by atoms with Crippen LogP contribution >= 0.6 is 0 Å². The van der Waals surface area contributed by atoms with Crippen molar-refractivity contribution in [2.24, 2.45) is 0 Å². The number of fused-ring (bicyclic) bond motifs is 2. The molecule has 1 nitrogen and oxygen atoms in total. The Balaban J connectivity index is 2.19. The summed E-state index contributed by atoms with van der Waals surface area (Å²) in [6.07, 6.45) is 2.90. The molecule has 0 amide bonds. The van der Waals surface area contributed by atoms with Gasteiger partial charge in [0.15, 0.2) is 0 Å². The van der Waals surface area contributed by atoms with Gasteiger partial charge in [-0.1, -0.05) is 42.5 Å². The highest BCUT2D eigenvalue weighted by Gasteiger charge is 2.41. The van der Waals surface area contributed by atoms with E-state index in [4.69, 9.17) is 4.74 Å². The number of hydrogen-bond donors (Lipinski definition) is 0. The van der Waals surface area contributed by atoms with Crippen molar-refractivity contribution in [2.45, 2.75) is 12.2 Å². The van der Waals surface area contributed by atoms with Gasteiger partial charge in [-0.3, -0.25) is 0 Å². The number of benzene rings is 3. The molecular weight excluding hydrogens is 208 g/mol. The van der Waals surface area contributed by atoms with E-state index in [1.165, 1.54) is 32.3 Å². The molecule has 1 aliphatic heterocycles. The number of epoxide rings is 1. The monoisotopic (exact) mass is 218 g/mol. The number of ether oxygens (including phenoxy) is 1. The zero-order valence-corrected chi connectivity index (χ0v) is 9.18. The van der Waals surface area contributed by atoms with Crippen LogP contribution in [-0.4, -0.2) is 6.10 Å². The maximum Gasteiger partial charge on any atom is 0.114 e. The van der Waals surface area contributed by atoms with Crippen LogP contribution in [0.4, 0.5) is 0 Å². The van der Waals surface area contributed by atoms with Crippen LogP contribution in [0.2, 0.25) is 0 Å². The Labute approximate surface area is 98.3 Å². The van der Waals surface area contributed by atoms with E-state index in [9.17, 15) is 0 Å². The first-order valence-corrected chi connectivity index (χ1v) is 6.03. The zero-order chi connectivity index (χ0) is 11.0. The average molecular weight is 218 g/mol. The average Bonchev–Trinajstić information content (AvgIpc) is 3.14. The minimum absolute atomic E-state index is 0.317. The summed E-state index contributed by atoms with van der Waals surface area (Å²) in [5.41, 5.74) is 1.37. The quantitative estimate of drug-likeness (QED) is 0.528. The van der Waals surface area contributed by atoms with Gasteiger partial charge >= 0.3 is 0 Å². The van der Waals surface area contributed by atoms with Crippen LogP contribution in [0.5, 0.6) is 0 Å². The molecule has 2 aliphatic rings. The van der Waals surface area contributed by atoms with E-state index in [1.54, 1.807) is 0 Å². The normalized spacial score (nSPS) is 24.7. The summed E-state index contributed by atoms with van der Waals surface area (Å²) in [7, 11) is 0. The van der Waals surface area contributed by atoms with Crippen molar-refractivity contribution in [1.29, 1.82) is 0 Å². The first kappa shape index (κ1) is 8.26. The fourth-order valence-electron chi connectivity index (χ4n) is 3.19. The largest absolute Gasteiger partial charge is 0.360 e. The van der Waals surface area contributed by atoms with E-state index in [2.05, 4.69) is 48.5 Å². The summed E-state index contributed by atoms with van der Waals surface area (Å²) in [4.78, 5) is 0. The molecule has 80 valence electrons. The fourth-order valence-corrected chi connectivity index (χ4v) is 3.19. The van der Waals surface area contributed by atoms with Crippen LogP contribution < -0.4 is 5.22 Å². The minimum Gasteiger partial charge on any atom is -0.360 e. The third-order valence-corrected chi connectivity index (χ3v) is 4.02. The lowest BCUT2D eigenvalue weighted by Gasteiger charge is -2.12. The molecule has 0 radical (unpaired) electrons. The van der Waals surface area contributed by atoms with Gasteiger partial charge in [-0.25, -0.2) is 0 Å². The lowest BCUT2D eigenvalue weighted by Crippen LogP contribution is -2.10. The standard InChI is InChI=1S/C16H10O/c1-2-9-4-5-11-8-13-16(17-13)12-7-6-10(3-1)14(9)15(11)12/h1-8,13,16H/t13-,16+/m1/s1. The Bertz CT molecular complexity index is 816. The lowest BCUT2D eigenvalue weighted by atomic mass is 9.90. The summed E-state index contributed by atoms with van der Waals surface area (Å²) in [5.74, 6) is 0. The van der Waals surface area contributed by atoms with Gasteiger partial charge in [-0.15, -0.1) is 0 Å². The highest BCUT2D eigenvalue weighted by molar-refractivity contribution is 6.12. The second-order valence-corrected chi connectivity index (χ2v) is 4.95. The van der Waals surface area contributed by atoms with Crippen molar-refractivity contribution in [1.82, 2.24) is 0 Å². The van der Waals surface area contributed by atoms with Crippen molar-refractivity contribution in [3.8, 4) is 0 Å². The van der Waals surface area contributed by atoms with Crippen LogP contribution in [0.3, 0.4) is 0 Å². The van der Waals surface area contributed by atoms with Crippen molar-refractivity contribution < 1.29 is 4.74 Å². The van der Waals surface area contributed by atoms with E-state index < -0.39 is 0 Å². The molecule has 0 N–H and O–H groups in total. The molecule has 0 aromatic heterocycles. The summed E-state index contributed by atoms with van der Waals surface area (Å²) < 4.78 is 5.70. The van der Waals surface area contributed by atoms with E-state index in [1.807, 2.05) is 0 Å². The van der Waals surface area contributed by atoms with E-state index in [0.717, 1.165) is 0 Å². The molecule has 0 bridgehead atoms. The summed E-state index contributed by atoms with van der Waals surface area (Å²) in [5, 5.41) is 6.79. The molecule has 5 rings (SSSR count). The first-order chi connectivity index (χ1) is 8.42. The maximum atomic E-state index is 5.70. The predicted molar refractivity (Wildman–Crippen MR) is 68.8 cm³/mol. The van der Waals surface area contributed by atoms with Gasteiger partial charge in [0.25, 0.3) is 0 Å². The van der Waals surface area contributed by atoms with Crippen molar-refractivity contribution in [3.05, 3.63) is 53.2 Å². The Morgan fingerprint density at radius 2 is 1.65 bits per heavy atom. The maximum absolute atomic E-state index is 5.70. The van der Waals surface area contributed by atoms with Gasteiger partial charge in [0.1, 0.15) is 12.2 Å². The topological polar surface area (TPSA) is 12.5 Å². The molecule has 17 heavy (non-hydrogen) atoms. The first-order valence-electron chi connectivity index (χ1n) is 6.03. The Hall–Kier alpha value is -1.86. The van der Waals surface area contributed by atoms with Gasteiger partial charge in [-0.2, -0.15) is 0 Å². The predicted octanol–water partition coefficient (Wildman–Crippen LogP) is 2.95. The smallest absolute Gasteiger partial charge is 0.114 e. The molecule has 1 heterocycles. The highest BCUT2D eigenvalue weighted by Crippen LogP contribution is 2.45. The Kier molecular flexibility index (Phi) is 1.22. The molecule has 0 unspecified atom stereocenters. The summed E-state index contributed by atoms with van der Waals surface area (Å²) in [6.45, 7) is 0. The highest BCUT2D eigenvalue weighted by atomic mass is 16.6. The molecule has 0 spiro atoms. The Morgan fingerprint density at radius 1 is 0.824 bits per heavy atom. The van der Waals surface area contributed by atoms with Crippen molar-refractivity contribution >= 4 is 27.6 Å². The molecular formula is C16H10O. The van der Waals surface area contributed by atoms with Crippen LogP contribution in [0, 0.1) is 0 Å². The van der Waals surface area contributed by atoms with E-state index in [0.29, 0.717) is 12.2 Å². The zero-order valence-electron chi connectivity index (χ0n) is 9.18. The minimum atomic E-state index is 0.317. The van der Waals surface area contributed by atoms with Crippen LogP contribution in [0.15, 0.2) is 42.5 Å². The Morgan fingerprint density at radius 3 is 2.53 bits per heavy atom. The van der Waals surface area contributed by atoms with Crippen molar-refractivity contribution in [2.75, 3.05) is 0 Å². The molecule has 3 aromatic carbocycles. The van der Waals surface area contributed by atoms with Gasteiger partial charge < -0.3 is 4.74 Å². The third kappa shape index (κ3) is 0.899. The van der Waals surface area contributed by atoms with Gasteiger partial charge in [-0.05, 0) is 38.4 Å². The molecule has 3 aromatic rings. The molecule has 1 heteroatoms. The summed E-state index contributed by atoms with van der Waals surface area (Å²) in [6, 6.07) is 15.4. The molecule has 1 aliphatic carbocycles. The lowest BCUT2D eigenvalue weighted by molar-refractivity contribution is 0.401. The SMILES string of the molecule is C1=c2ccc3cccc4ccc(c2c43)[C@@H]2O[C@H]12. The van der Waals surface area contributed by atoms with Gasteiger partial charge in [0.05, 0.1) is 0 Å². The van der Waals surface area contributed by atoms with E-state index >= 15 is 0 Å². The number of rotatable bonds is 0. The van der Waals surface area contributed by atoms with Crippen LogP contribution in [-0.2, 0) is 4.74 Å². The molecule has 1 fully saturated rings. The third-order valence-electron chi connectivity index (χ3n) is 4.02. The second kappa shape index (κ2) is 2.52. The van der Waals surface area contributed by atoms with Crippen LogP contribution in [0.1, 0.15) is 11.7 Å². The second-order valence-electron chi connectivity index (χ2n) is 4.95.